The quantitative estimate of drug-likeness (QED) is 0.125. The molecule has 280 valence electrons. The van der Waals surface area contributed by atoms with Gasteiger partial charge in [0, 0.05) is 29.6 Å². The Labute approximate surface area is 323 Å². The Hall–Kier alpha value is -5.24. The first-order valence-corrected chi connectivity index (χ1v) is 19.4. The van der Waals surface area contributed by atoms with Gasteiger partial charge in [0.2, 0.25) is 0 Å². The first kappa shape index (κ1) is 43.2. The lowest BCUT2D eigenvalue weighted by molar-refractivity contribution is 0.0612. The number of fused-ring (bicyclic) bond motifs is 2. The topological polar surface area (TPSA) is 97.0 Å². The van der Waals surface area contributed by atoms with Gasteiger partial charge in [0.25, 0.3) is 0 Å². The van der Waals surface area contributed by atoms with Crippen molar-refractivity contribution < 1.29 is 9.59 Å². The Morgan fingerprint density at radius 2 is 1.31 bits per heavy atom. The van der Waals surface area contributed by atoms with Gasteiger partial charge in [0.15, 0.2) is 5.78 Å². The summed E-state index contributed by atoms with van der Waals surface area (Å²) in [4.78, 5) is 26.0. The molecule has 2 heterocycles. The molecule has 4 aromatic carbocycles. The zero-order valence-corrected chi connectivity index (χ0v) is 32.2. The molecule has 4 aromatic rings. The number of ketones is 1. The highest BCUT2D eigenvalue weighted by Gasteiger charge is 2.32. The fourth-order valence-corrected chi connectivity index (χ4v) is 6.91. The van der Waals surface area contributed by atoms with Gasteiger partial charge >= 0.3 is 0 Å². The van der Waals surface area contributed by atoms with E-state index in [-0.39, 0.29) is 11.7 Å². The molecule has 54 heavy (non-hydrogen) atoms. The largest absolute Gasteiger partial charge is 0.317 e. The van der Waals surface area contributed by atoms with Gasteiger partial charge in [0.1, 0.15) is 6.29 Å². The number of carbonyl (C=O) groups excluding carboxylic acids is 2. The zero-order valence-electron chi connectivity index (χ0n) is 32.2. The van der Waals surface area contributed by atoms with Crippen molar-refractivity contribution in [1.82, 2.24) is 10.2 Å². The lowest BCUT2D eigenvalue weighted by Gasteiger charge is -2.42. The summed E-state index contributed by atoms with van der Waals surface area (Å²) in [6.45, 7) is 9.14. The van der Waals surface area contributed by atoms with Crippen molar-refractivity contribution in [3.8, 4) is 37.8 Å². The van der Waals surface area contributed by atoms with Crippen molar-refractivity contribution in [2.45, 2.75) is 84.1 Å². The average molecular weight is 721 g/mol. The molecule has 0 unspecified atom stereocenters. The monoisotopic (exact) mass is 720 g/mol. The van der Waals surface area contributed by atoms with Gasteiger partial charge in [-0.3, -0.25) is 14.5 Å². The summed E-state index contributed by atoms with van der Waals surface area (Å²) >= 11 is 0. The van der Waals surface area contributed by atoms with Crippen LogP contribution in [0.2, 0.25) is 0 Å². The summed E-state index contributed by atoms with van der Waals surface area (Å²) in [5.41, 5.74) is 2.76. The van der Waals surface area contributed by atoms with Crippen LogP contribution in [0.25, 0.3) is 21.5 Å². The number of likely N-dealkylation sites (tertiary alicyclic amines) is 1. The van der Waals surface area contributed by atoms with Gasteiger partial charge < -0.3 is 5.32 Å². The van der Waals surface area contributed by atoms with Crippen molar-refractivity contribution >= 4 is 33.6 Å². The van der Waals surface area contributed by atoms with Gasteiger partial charge in [0.05, 0.1) is 23.3 Å². The van der Waals surface area contributed by atoms with E-state index in [1.165, 1.54) is 64.5 Å². The fourth-order valence-electron chi connectivity index (χ4n) is 6.91. The number of rotatable bonds is 5. The molecule has 0 aromatic heterocycles. The normalized spacial score (nSPS) is 17.8. The zero-order chi connectivity index (χ0) is 39.3. The van der Waals surface area contributed by atoms with Crippen LogP contribution in [0.4, 0.5) is 0 Å². The molecule has 6 heteroatoms. The second-order valence-electron chi connectivity index (χ2n) is 14.5. The molecule has 2 aliphatic carbocycles. The van der Waals surface area contributed by atoms with Crippen molar-refractivity contribution in [2.75, 3.05) is 26.2 Å². The molecular formula is C48H56N4O2. The van der Waals surface area contributed by atoms with E-state index in [1.54, 1.807) is 12.1 Å². The van der Waals surface area contributed by atoms with Gasteiger partial charge in [-0.1, -0.05) is 75.9 Å². The van der Waals surface area contributed by atoms with Crippen LogP contribution in [0.1, 0.15) is 110 Å². The Balaban J connectivity index is 0.000000219. The second kappa shape index (κ2) is 23.4. The van der Waals surface area contributed by atoms with E-state index in [1.807, 2.05) is 60.7 Å². The molecule has 8 rings (SSSR count). The summed E-state index contributed by atoms with van der Waals surface area (Å²) in [6.07, 6.45) is 30.1. The lowest BCUT2D eigenvalue weighted by atomic mass is 9.85. The summed E-state index contributed by atoms with van der Waals surface area (Å²) < 4.78 is 0. The number of terminal acetylenes is 2. The van der Waals surface area contributed by atoms with Crippen LogP contribution < -0.4 is 5.32 Å². The van der Waals surface area contributed by atoms with Crippen LogP contribution in [-0.2, 0) is 0 Å². The van der Waals surface area contributed by atoms with E-state index in [9.17, 15) is 9.59 Å². The van der Waals surface area contributed by atoms with Crippen LogP contribution in [0.15, 0.2) is 72.8 Å². The van der Waals surface area contributed by atoms with Crippen LogP contribution in [0, 0.1) is 66.1 Å². The third-order valence-electron chi connectivity index (χ3n) is 10.7. The third kappa shape index (κ3) is 13.3. The van der Waals surface area contributed by atoms with Crippen molar-refractivity contribution in [3.63, 3.8) is 0 Å². The van der Waals surface area contributed by atoms with Gasteiger partial charge in [-0.05, 0) is 128 Å². The molecule has 2 saturated carbocycles. The molecule has 1 atom stereocenters. The number of hydrogen-bond acceptors (Lipinski definition) is 6. The maximum atomic E-state index is 13.0. The molecule has 4 fully saturated rings. The fraction of sp³-hybridized carbons (Fsp3) is 0.417. The molecule has 0 bridgehead atoms. The number of nitrogens with zero attached hydrogens (tertiary/aromatic N) is 3. The minimum Gasteiger partial charge on any atom is -0.317 e. The molecule has 2 aliphatic heterocycles. The predicted molar refractivity (Wildman–Crippen MR) is 223 cm³/mol. The highest BCUT2D eigenvalue weighted by atomic mass is 16.1. The van der Waals surface area contributed by atoms with E-state index >= 15 is 0 Å². The Morgan fingerprint density at radius 3 is 1.78 bits per heavy atom. The summed E-state index contributed by atoms with van der Waals surface area (Å²) in [5, 5.41) is 25.0. The second-order valence-corrected chi connectivity index (χ2v) is 14.5. The van der Waals surface area contributed by atoms with Gasteiger partial charge in [-0.2, -0.15) is 10.5 Å². The van der Waals surface area contributed by atoms with Gasteiger partial charge in [-0.25, -0.2) is 0 Å². The molecular weight excluding hydrogens is 665 g/mol. The molecule has 0 spiro atoms. The SMILES string of the molecule is C#C.C#C.CC1CCNCC1.CCC1CC1.N#Cc1ccc2cc(C(=O)[C@H]3CCCN(C4CCC4)C3)ccc2c1.N#Cc1ccc2cc(C=O)ccc2c1. The first-order chi connectivity index (χ1) is 26.4. The molecule has 6 nitrogen and oxygen atoms in total. The Kier molecular flexibility index (Phi) is 18.7. The number of nitriles is 2. The summed E-state index contributed by atoms with van der Waals surface area (Å²) in [6, 6.07) is 27.3. The maximum Gasteiger partial charge on any atom is 0.167 e. The van der Waals surface area contributed by atoms with Crippen LogP contribution >= 0.6 is 0 Å². The number of Topliss-reactive ketones (excluding diaryl/α,β-unsaturated/α-hetero) is 1. The average Bonchev–Trinajstić information content (AvgIpc) is 4.07. The number of carbonyl (C=O) groups is 2. The van der Waals surface area contributed by atoms with Crippen LogP contribution in [-0.4, -0.2) is 49.2 Å². The summed E-state index contributed by atoms with van der Waals surface area (Å²) in [5.74, 6) is 2.52. The van der Waals surface area contributed by atoms with E-state index in [4.69, 9.17) is 10.5 Å². The number of aldehydes is 1. The Morgan fingerprint density at radius 1 is 0.759 bits per heavy atom. The molecule has 0 amide bonds. The Bertz CT molecular complexity index is 1910. The van der Waals surface area contributed by atoms with Crippen LogP contribution in [0.5, 0.6) is 0 Å². The standard InChI is InChI=1S/C21H22N2O.C12H7NO.C6H13N.C5H10.2C2H2/c22-13-15-6-7-17-12-18(9-8-16(17)11-15)21(24)19-3-2-10-23(14-19)20-4-1-5-20;13-7-9-1-3-12-6-10(8-14)2-4-11(12)5-9;1-6-2-4-7-5-3-6;1-2-5-3-4-5;2*1-2/h6-9,11-12,19-20H,1-5,10,14H2;1-6,8H;6-7H,2-5H2,1H3;5H,2-4H2,1H3;2*1-2H/t19-;;;;;/m0...../s1. The molecule has 4 aliphatic rings. The third-order valence-corrected chi connectivity index (χ3v) is 10.7. The van der Waals surface area contributed by atoms with Crippen LogP contribution in [0.3, 0.4) is 0 Å². The molecule has 0 radical (unpaired) electrons. The minimum absolute atomic E-state index is 0.134. The molecule has 1 N–H and O–H groups in total. The van der Waals surface area contributed by atoms with Crippen molar-refractivity contribution in [3.05, 3.63) is 95.1 Å². The number of nitrogens with one attached hydrogen (secondary N) is 1. The highest BCUT2D eigenvalue weighted by molar-refractivity contribution is 6.01. The summed E-state index contributed by atoms with van der Waals surface area (Å²) in [7, 11) is 0. The van der Waals surface area contributed by atoms with E-state index in [0.717, 1.165) is 77.2 Å². The van der Waals surface area contributed by atoms with E-state index in [0.29, 0.717) is 16.7 Å². The van der Waals surface area contributed by atoms with Crippen molar-refractivity contribution in [2.24, 2.45) is 17.8 Å². The van der Waals surface area contributed by atoms with Gasteiger partial charge in [-0.15, -0.1) is 25.7 Å². The van der Waals surface area contributed by atoms with E-state index in [2.05, 4.69) is 61.9 Å². The first-order valence-electron chi connectivity index (χ1n) is 19.4. The number of benzene rings is 4. The lowest BCUT2D eigenvalue weighted by Crippen LogP contribution is -2.47. The molecule has 2 saturated heterocycles. The smallest absolute Gasteiger partial charge is 0.167 e. The predicted octanol–water partition coefficient (Wildman–Crippen LogP) is 9.99. The number of hydrogen-bond donors (Lipinski definition) is 1. The minimum atomic E-state index is 0.134. The van der Waals surface area contributed by atoms with E-state index < -0.39 is 0 Å². The highest BCUT2D eigenvalue weighted by Crippen LogP contribution is 2.32. The van der Waals surface area contributed by atoms with Crippen molar-refractivity contribution in [1.29, 1.82) is 10.5 Å². The number of piperidine rings is 2. The maximum absolute atomic E-state index is 13.0.